The van der Waals surface area contributed by atoms with Gasteiger partial charge in [0, 0.05) is 23.3 Å². The van der Waals surface area contributed by atoms with Gasteiger partial charge in [0.05, 0.1) is 15.8 Å². The first-order chi connectivity index (χ1) is 7.15. The van der Waals surface area contributed by atoms with Crippen LogP contribution in [0.1, 0.15) is 6.92 Å². The zero-order chi connectivity index (χ0) is 11.0. The van der Waals surface area contributed by atoms with Gasteiger partial charge in [0.2, 0.25) is 0 Å². The molecule has 0 aliphatic carbocycles. The van der Waals surface area contributed by atoms with Crippen LogP contribution >= 0.6 is 15.9 Å². The number of aryl methyl sites for hydroxylation is 1. The predicted molar refractivity (Wildman–Crippen MR) is 62.0 cm³/mol. The number of benzene rings is 1. The Kier molecular flexibility index (Phi) is 2.48. The number of nitro benzene ring substituents is 1. The summed E-state index contributed by atoms with van der Waals surface area (Å²) in [7, 11) is 0. The predicted octanol–water partition coefficient (Wildman–Crippen LogP) is 3.33. The molecule has 0 bridgehead atoms. The van der Waals surface area contributed by atoms with E-state index in [0.717, 1.165) is 16.5 Å². The fourth-order valence-electron chi connectivity index (χ4n) is 1.70. The number of nitro groups is 1. The Balaban J connectivity index is 2.86. The van der Waals surface area contributed by atoms with Crippen molar-refractivity contribution in [2.45, 2.75) is 13.5 Å². The zero-order valence-corrected chi connectivity index (χ0v) is 9.69. The SMILES string of the molecule is CCn1cc(Br)c2c([N+](=O)[O-])cccc21. The van der Waals surface area contributed by atoms with Gasteiger partial charge in [-0.3, -0.25) is 10.1 Å². The minimum Gasteiger partial charge on any atom is -0.346 e. The second-order valence-electron chi connectivity index (χ2n) is 3.19. The summed E-state index contributed by atoms with van der Waals surface area (Å²) < 4.78 is 2.75. The van der Waals surface area contributed by atoms with Crippen molar-refractivity contribution < 1.29 is 4.92 Å². The first-order valence-corrected chi connectivity index (χ1v) is 5.36. The van der Waals surface area contributed by atoms with Gasteiger partial charge in [0.15, 0.2) is 0 Å². The molecule has 0 aliphatic heterocycles. The molecule has 0 amide bonds. The van der Waals surface area contributed by atoms with Crippen LogP contribution in [0.5, 0.6) is 0 Å². The van der Waals surface area contributed by atoms with E-state index in [1.807, 2.05) is 23.8 Å². The molecule has 0 atom stereocenters. The normalized spacial score (nSPS) is 10.8. The molecule has 1 aromatic carbocycles. The third kappa shape index (κ3) is 1.52. The van der Waals surface area contributed by atoms with Gasteiger partial charge in [-0.1, -0.05) is 6.07 Å². The Morgan fingerprint density at radius 2 is 2.27 bits per heavy atom. The number of nitrogens with zero attached hydrogens (tertiary/aromatic N) is 2. The highest BCUT2D eigenvalue weighted by atomic mass is 79.9. The van der Waals surface area contributed by atoms with Crippen molar-refractivity contribution in [1.29, 1.82) is 0 Å². The summed E-state index contributed by atoms with van der Waals surface area (Å²) in [6, 6.07) is 5.11. The lowest BCUT2D eigenvalue weighted by atomic mass is 10.2. The number of hydrogen-bond acceptors (Lipinski definition) is 2. The fourth-order valence-corrected chi connectivity index (χ4v) is 2.35. The summed E-state index contributed by atoms with van der Waals surface area (Å²) in [4.78, 5) is 10.5. The highest BCUT2D eigenvalue weighted by Gasteiger charge is 2.16. The lowest BCUT2D eigenvalue weighted by molar-refractivity contribution is -0.383. The van der Waals surface area contributed by atoms with Gasteiger partial charge in [-0.05, 0) is 28.9 Å². The summed E-state index contributed by atoms with van der Waals surface area (Å²) >= 11 is 3.35. The topological polar surface area (TPSA) is 48.1 Å². The maximum atomic E-state index is 10.8. The highest BCUT2D eigenvalue weighted by molar-refractivity contribution is 9.10. The van der Waals surface area contributed by atoms with Crippen molar-refractivity contribution in [2.75, 3.05) is 0 Å². The molecule has 4 nitrogen and oxygen atoms in total. The summed E-state index contributed by atoms with van der Waals surface area (Å²) in [5.74, 6) is 0. The minimum absolute atomic E-state index is 0.145. The number of halogens is 1. The maximum Gasteiger partial charge on any atom is 0.279 e. The van der Waals surface area contributed by atoms with Crippen LogP contribution in [0, 0.1) is 10.1 Å². The Morgan fingerprint density at radius 3 is 2.87 bits per heavy atom. The van der Waals surface area contributed by atoms with Gasteiger partial charge in [-0.15, -0.1) is 0 Å². The van der Waals surface area contributed by atoms with Crippen LogP contribution < -0.4 is 0 Å². The lowest BCUT2D eigenvalue weighted by Crippen LogP contribution is -1.92. The van der Waals surface area contributed by atoms with Crippen molar-refractivity contribution in [3.63, 3.8) is 0 Å². The van der Waals surface area contributed by atoms with Crippen molar-refractivity contribution in [2.24, 2.45) is 0 Å². The van der Waals surface area contributed by atoms with Crippen molar-refractivity contribution >= 4 is 32.5 Å². The molecule has 2 aromatic rings. The second kappa shape index (κ2) is 3.66. The number of fused-ring (bicyclic) bond motifs is 1. The molecule has 1 heterocycles. The average molecular weight is 269 g/mol. The summed E-state index contributed by atoms with van der Waals surface area (Å²) in [5, 5.41) is 11.5. The third-order valence-electron chi connectivity index (χ3n) is 2.38. The molecular weight excluding hydrogens is 260 g/mol. The summed E-state index contributed by atoms with van der Waals surface area (Å²) in [6.45, 7) is 2.80. The van der Waals surface area contributed by atoms with E-state index in [4.69, 9.17) is 0 Å². The summed E-state index contributed by atoms with van der Waals surface area (Å²) in [6.07, 6.45) is 1.87. The highest BCUT2D eigenvalue weighted by Crippen LogP contribution is 2.33. The number of rotatable bonds is 2. The zero-order valence-electron chi connectivity index (χ0n) is 8.11. The largest absolute Gasteiger partial charge is 0.346 e. The van der Waals surface area contributed by atoms with E-state index in [2.05, 4.69) is 15.9 Å². The molecule has 15 heavy (non-hydrogen) atoms. The van der Waals surface area contributed by atoms with E-state index in [9.17, 15) is 10.1 Å². The molecule has 0 N–H and O–H groups in total. The molecule has 0 saturated heterocycles. The van der Waals surface area contributed by atoms with E-state index in [1.54, 1.807) is 6.07 Å². The average Bonchev–Trinajstić information content (AvgIpc) is 2.55. The smallest absolute Gasteiger partial charge is 0.279 e. The Bertz CT molecular complexity index is 533. The Hall–Kier alpha value is -1.36. The van der Waals surface area contributed by atoms with Crippen LogP contribution in [0.25, 0.3) is 10.9 Å². The van der Waals surface area contributed by atoms with Crippen LogP contribution in [0.4, 0.5) is 5.69 Å². The molecule has 0 aliphatic rings. The molecule has 0 unspecified atom stereocenters. The van der Waals surface area contributed by atoms with E-state index in [1.165, 1.54) is 6.07 Å². The van der Waals surface area contributed by atoms with Crippen molar-refractivity contribution in [3.8, 4) is 0 Å². The fraction of sp³-hybridized carbons (Fsp3) is 0.200. The quantitative estimate of drug-likeness (QED) is 0.620. The monoisotopic (exact) mass is 268 g/mol. The van der Waals surface area contributed by atoms with E-state index < -0.39 is 0 Å². The Labute approximate surface area is 94.8 Å². The molecule has 0 radical (unpaired) electrons. The van der Waals surface area contributed by atoms with Gasteiger partial charge in [0.1, 0.15) is 0 Å². The number of hydrogen-bond donors (Lipinski definition) is 0. The molecule has 0 saturated carbocycles. The minimum atomic E-state index is -0.354. The van der Waals surface area contributed by atoms with E-state index >= 15 is 0 Å². The molecule has 1 aromatic heterocycles. The van der Waals surface area contributed by atoms with Crippen LogP contribution in [-0.2, 0) is 6.54 Å². The first-order valence-electron chi connectivity index (χ1n) is 4.57. The molecule has 5 heteroatoms. The van der Waals surface area contributed by atoms with Crippen molar-refractivity contribution in [1.82, 2.24) is 4.57 Å². The maximum absolute atomic E-state index is 10.8. The first kappa shape index (κ1) is 10.2. The van der Waals surface area contributed by atoms with Crippen molar-refractivity contribution in [3.05, 3.63) is 39.0 Å². The van der Waals surface area contributed by atoms with Crippen LogP contribution in [0.15, 0.2) is 28.9 Å². The second-order valence-corrected chi connectivity index (χ2v) is 4.05. The third-order valence-corrected chi connectivity index (χ3v) is 2.98. The van der Waals surface area contributed by atoms with Gasteiger partial charge < -0.3 is 4.57 Å². The summed E-state index contributed by atoms with van der Waals surface area (Å²) in [5.41, 5.74) is 1.03. The molecule has 2 rings (SSSR count). The molecule has 0 fully saturated rings. The van der Waals surface area contributed by atoms with Gasteiger partial charge in [0.25, 0.3) is 5.69 Å². The van der Waals surface area contributed by atoms with Crippen LogP contribution in [0.2, 0.25) is 0 Å². The number of aromatic nitrogens is 1. The molecular formula is C10H9BrN2O2. The van der Waals surface area contributed by atoms with E-state index in [-0.39, 0.29) is 10.6 Å². The van der Waals surface area contributed by atoms with Gasteiger partial charge in [-0.25, -0.2) is 0 Å². The van der Waals surface area contributed by atoms with Crippen LogP contribution in [-0.4, -0.2) is 9.49 Å². The number of non-ortho nitro benzene ring substituents is 1. The standard InChI is InChI=1S/C10H9BrN2O2/c1-2-12-6-7(11)10-8(12)4-3-5-9(10)13(14)15/h3-6H,2H2,1H3. The van der Waals surface area contributed by atoms with E-state index in [0.29, 0.717) is 5.39 Å². The van der Waals surface area contributed by atoms with Gasteiger partial charge >= 0.3 is 0 Å². The van der Waals surface area contributed by atoms with Gasteiger partial charge in [-0.2, -0.15) is 0 Å². The lowest BCUT2D eigenvalue weighted by Gasteiger charge is -1.99. The molecule has 0 spiro atoms. The molecule has 78 valence electrons. The van der Waals surface area contributed by atoms with Crippen LogP contribution in [0.3, 0.4) is 0 Å². The Morgan fingerprint density at radius 1 is 1.53 bits per heavy atom.